The summed E-state index contributed by atoms with van der Waals surface area (Å²) >= 11 is 1.82. The van der Waals surface area contributed by atoms with Gasteiger partial charge in [0.1, 0.15) is 5.78 Å². The molecule has 0 aromatic heterocycles. The molecule has 2 atom stereocenters. The number of Topliss-reactive ketones (excluding diaryl/α,β-unsaturated/α-hetero) is 1. The van der Waals surface area contributed by atoms with Crippen molar-refractivity contribution in [3.8, 4) is 0 Å². The zero-order valence-electron chi connectivity index (χ0n) is 5.89. The smallest absolute Gasteiger partial charge is 0.146 e. The number of carbonyl (C=O) groups excluding carboxylic acids is 1. The molecule has 0 aromatic carbocycles. The summed E-state index contributed by atoms with van der Waals surface area (Å²) in [5.74, 6) is 0.454. The molecule has 0 bridgehead atoms. The number of ketones is 1. The van der Waals surface area contributed by atoms with E-state index >= 15 is 0 Å². The molecular formula is C7H12OS. The lowest BCUT2D eigenvalue weighted by Crippen LogP contribution is -2.07. The van der Waals surface area contributed by atoms with Gasteiger partial charge < -0.3 is 0 Å². The van der Waals surface area contributed by atoms with Crippen LogP contribution in [0.4, 0.5) is 0 Å². The van der Waals surface area contributed by atoms with Gasteiger partial charge >= 0.3 is 0 Å². The highest BCUT2D eigenvalue weighted by Gasteiger charge is 2.28. The van der Waals surface area contributed by atoms with Gasteiger partial charge in [0.15, 0.2) is 0 Å². The Bertz CT molecular complexity index is 122. The predicted molar refractivity (Wildman–Crippen MR) is 40.8 cm³/mol. The zero-order valence-corrected chi connectivity index (χ0v) is 6.70. The van der Waals surface area contributed by atoms with Crippen molar-refractivity contribution in [2.75, 3.05) is 0 Å². The van der Waals surface area contributed by atoms with Crippen molar-refractivity contribution in [3.63, 3.8) is 0 Å². The quantitative estimate of drug-likeness (QED) is 0.558. The van der Waals surface area contributed by atoms with Gasteiger partial charge in [-0.2, -0.15) is 0 Å². The number of hydrogen-bond acceptors (Lipinski definition) is 2. The Balaban J connectivity index is 2.48. The molecule has 1 heterocycles. The van der Waals surface area contributed by atoms with Crippen molar-refractivity contribution in [2.24, 2.45) is 0 Å². The highest BCUT2D eigenvalue weighted by atomic mass is 32.2. The van der Waals surface area contributed by atoms with Gasteiger partial charge in [-0.1, -0.05) is 13.8 Å². The summed E-state index contributed by atoms with van der Waals surface area (Å²) in [6, 6.07) is 0. The van der Waals surface area contributed by atoms with E-state index in [2.05, 4.69) is 13.8 Å². The van der Waals surface area contributed by atoms with Crippen LogP contribution in [-0.2, 0) is 4.79 Å². The Labute approximate surface area is 60.2 Å². The van der Waals surface area contributed by atoms with Crippen LogP contribution in [0.2, 0.25) is 0 Å². The van der Waals surface area contributed by atoms with Crippen LogP contribution in [0, 0.1) is 0 Å². The third-order valence-corrected chi connectivity index (χ3v) is 3.17. The van der Waals surface area contributed by atoms with E-state index in [1.165, 1.54) is 0 Å². The Morgan fingerprint density at radius 1 is 1.78 bits per heavy atom. The molecule has 0 aliphatic carbocycles. The van der Waals surface area contributed by atoms with E-state index in [1.54, 1.807) is 0 Å². The number of carbonyl (C=O) groups is 1. The summed E-state index contributed by atoms with van der Waals surface area (Å²) in [5.41, 5.74) is 0. The average molecular weight is 144 g/mol. The molecule has 52 valence electrons. The van der Waals surface area contributed by atoms with Crippen LogP contribution in [0.3, 0.4) is 0 Å². The molecule has 1 rings (SSSR count). The molecule has 2 heteroatoms. The number of thioether (sulfide) groups is 1. The Kier molecular flexibility index (Phi) is 2.17. The first-order valence-corrected chi connectivity index (χ1v) is 4.36. The highest BCUT2D eigenvalue weighted by Crippen LogP contribution is 2.31. The maximum atomic E-state index is 11.0. The lowest BCUT2D eigenvalue weighted by atomic mass is 10.1. The van der Waals surface area contributed by atoms with Crippen LogP contribution >= 0.6 is 11.8 Å². The molecule has 0 aromatic rings. The molecule has 0 N–H and O–H groups in total. The Morgan fingerprint density at radius 2 is 2.44 bits per heavy atom. The summed E-state index contributed by atoms with van der Waals surface area (Å²) in [7, 11) is 0. The van der Waals surface area contributed by atoms with Gasteiger partial charge in [0, 0.05) is 11.7 Å². The highest BCUT2D eigenvalue weighted by molar-refractivity contribution is 8.01. The second kappa shape index (κ2) is 2.74. The number of hydrogen-bond donors (Lipinski definition) is 0. The molecule has 1 aliphatic rings. The number of rotatable bonds is 1. The van der Waals surface area contributed by atoms with E-state index in [9.17, 15) is 4.79 Å². The molecule has 1 nitrogen and oxygen atoms in total. The van der Waals surface area contributed by atoms with Crippen molar-refractivity contribution < 1.29 is 4.79 Å². The van der Waals surface area contributed by atoms with Crippen molar-refractivity contribution >= 4 is 17.5 Å². The molecule has 1 aliphatic heterocycles. The standard InChI is InChI=1S/C7H12OS/c1-3-7-6(8)4-5(2)9-7/h5,7H,3-4H2,1-2H3. The van der Waals surface area contributed by atoms with Gasteiger partial charge in [-0.15, -0.1) is 11.8 Å². The summed E-state index contributed by atoms with van der Waals surface area (Å²) in [6.07, 6.45) is 1.80. The molecule has 9 heavy (non-hydrogen) atoms. The van der Waals surface area contributed by atoms with E-state index in [4.69, 9.17) is 0 Å². The van der Waals surface area contributed by atoms with Crippen LogP contribution < -0.4 is 0 Å². The van der Waals surface area contributed by atoms with Gasteiger partial charge in [-0.25, -0.2) is 0 Å². The van der Waals surface area contributed by atoms with E-state index in [1.807, 2.05) is 11.8 Å². The monoisotopic (exact) mass is 144 g/mol. The van der Waals surface area contributed by atoms with Gasteiger partial charge in [0.2, 0.25) is 0 Å². The minimum absolute atomic E-state index is 0.319. The fourth-order valence-electron chi connectivity index (χ4n) is 1.14. The first-order chi connectivity index (χ1) is 4.24. The van der Waals surface area contributed by atoms with Crippen molar-refractivity contribution in [2.45, 2.75) is 37.2 Å². The summed E-state index contributed by atoms with van der Waals surface area (Å²) in [6.45, 7) is 4.20. The SMILES string of the molecule is CCC1SC(C)CC1=O. The van der Waals surface area contributed by atoms with Gasteiger partial charge in [-0.3, -0.25) is 4.79 Å². The Hall–Kier alpha value is 0.0200. The summed E-state index contributed by atoms with van der Waals surface area (Å²) in [4.78, 5) is 11.0. The second-order valence-corrected chi connectivity index (χ2v) is 4.16. The van der Waals surface area contributed by atoms with Crippen molar-refractivity contribution in [1.82, 2.24) is 0 Å². The largest absolute Gasteiger partial charge is 0.298 e. The van der Waals surface area contributed by atoms with Crippen LogP contribution in [-0.4, -0.2) is 16.3 Å². The molecule has 1 saturated heterocycles. The van der Waals surface area contributed by atoms with Crippen LogP contribution in [0.1, 0.15) is 26.7 Å². The predicted octanol–water partition coefficient (Wildman–Crippen LogP) is 1.86. The molecule has 0 spiro atoms. The van der Waals surface area contributed by atoms with Crippen LogP contribution in [0.5, 0.6) is 0 Å². The molecule has 0 radical (unpaired) electrons. The van der Waals surface area contributed by atoms with E-state index in [0.717, 1.165) is 12.8 Å². The lowest BCUT2D eigenvalue weighted by Gasteiger charge is -2.00. The first-order valence-electron chi connectivity index (χ1n) is 3.42. The minimum atomic E-state index is 0.319. The van der Waals surface area contributed by atoms with Gasteiger partial charge in [0.25, 0.3) is 0 Å². The fraction of sp³-hybridized carbons (Fsp3) is 0.857. The molecule has 0 saturated carbocycles. The molecule has 0 amide bonds. The maximum absolute atomic E-state index is 11.0. The van der Waals surface area contributed by atoms with Gasteiger partial charge in [-0.05, 0) is 6.42 Å². The lowest BCUT2D eigenvalue weighted by molar-refractivity contribution is -0.117. The third-order valence-electron chi connectivity index (χ3n) is 1.62. The van der Waals surface area contributed by atoms with E-state index < -0.39 is 0 Å². The van der Waals surface area contributed by atoms with E-state index in [0.29, 0.717) is 16.3 Å². The molecule has 1 fully saturated rings. The van der Waals surface area contributed by atoms with Crippen molar-refractivity contribution in [3.05, 3.63) is 0 Å². The normalized spacial score (nSPS) is 35.6. The van der Waals surface area contributed by atoms with Crippen molar-refractivity contribution in [1.29, 1.82) is 0 Å². The summed E-state index contributed by atoms with van der Waals surface area (Å²) in [5, 5.41) is 0.891. The summed E-state index contributed by atoms with van der Waals surface area (Å²) < 4.78 is 0. The topological polar surface area (TPSA) is 17.1 Å². The second-order valence-electron chi connectivity index (χ2n) is 2.51. The van der Waals surface area contributed by atoms with Crippen LogP contribution in [0.25, 0.3) is 0 Å². The first kappa shape index (κ1) is 7.13. The zero-order chi connectivity index (χ0) is 6.85. The van der Waals surface area contributed by atoms with Crippen LogP contribution in [0.15, 0.2) is 0 Å². The fourth-order valence-corrected chi connectivity index (χ4v) is 2.40. The molecular weight excluding hydrogens is 132 g/mol. The molecule has 2 unspecified atom stereocenters. The third kappa shape index (κ3) is 1.48. The van der Waals surface area contributed by atoms with Gasteiger partial charge in [0.05, 0.1) is 5.25 Å². The maximum Gasteiger partial charge on any atom is 0.146 e. The average Bonchev–Trinajstić information content (AvgIpc) is 2.10. The minimum Gasteiger partial charge on any atom is -0.298 e. The Morgan fingerprint density at radius 3 is 2.67 bits per heavy atom. The van der Waals surface area contributed by atoms with E-state index in [-0.39, 0.29) is 0 Å².